The Balaban J connectivity index is 2.47. The van der Waals surface area contributed by atoms with Crippen molar-refractivity contribution in [2.75, 3.05) is 20.6 Å². The standard InChI is InChI=1S/C16H26N2/c1-11-8-13(3)14(9-12(11)2)15(18(4)5)16(10-17)6-7-16/h8-9,15H,6-7,10,17H2,1-5H3. The van der Waals surface area contributed by atoms with Crippen LogP contribution in [-0.2, 0) is 0 Å². The highest BCUT2D eigenvalue weighted by Gasteiger charge is 2.50. The Bertz CT molecular complexity index is 445. The molecule has 0 amide bonds. The topological polar surface area (TPSA) is 29.3 Å². The second kappa shape index (κ2) is 4.67. The Morgan fingerprint density at radius 1 is 1.11 bits per heavy atom. The van der Waals surface area contributed by atoms with Gasteiger partial charge in [0.05, 0.1) is 0 Å². The van der Waals surface area contributed by atoms with Crippen LogP contribution in [0.15, 0.2) is 12.1 Å². The minimum absolute atomic E-state index is 0.315. The zero-order valence-electron chi connectivity index (χ0n) is 12.4. The van der Waals surface area contributed by atoms with Crippen molar-refractivity contribution in [1.29, 1.82) is 0 Å². The summed E-state index contributed by atoms with van der Waals surface area (Å²) in [6, 6.07) is 5.14. The lowest BCUT2D eigenvalue weighted by molar-refractivity contribution is 0.197. The highest BCUT2D eigenvalue weighted by molar-refractivity contribution is 5.40. The maximum absolute atomic E-state index is 6.04. The SMILES string of the molecule is Cc1cc(C)c(C(N(C)C)C2(CN)CC2)cc1C. The first-order valence-electron chi connectivity index (χ1n) is 6.85. The molecule has 18 heavy (non-hydrogen) atoms. The fraction of sp³-hybridized carbons (Fsp3) is 0.625. The smallest absolute Gasteiger partial charge is 0.0413 e. The molecule has 0 heterocycles. The summed E-state index contributed by atoms with van der Waals surface area (Å²) in [7, 11) is 4.35. The number of nitrogens with zero attached hydrogens (tertiary/aromatic N) is 1. The van der Waals surface area contributed by atoms with E-state index in [9.17, 15) is 0 Å². The van der Waals surface area contributed by atoms with Crippen LogP contribution in [0.2, 0.25) is 0 Å². The average molecular weight is 246 g/mol. The van der Waals surface area contributed by atoms with Gasteiger partial charge in [-0.2, -0.15) is 0 Å². The molecule has 1 fully saturated rings. The molecule has 2 rings (SSSR count). The number of aryl methyl sites for hydroxylation is 3. The summed E-state index contributed by atoms with van der Waals surface area (Å²) in [4.78, 5) is 2.34. The van der Waals surface area contributed by atoms with E-state index in [4.69, 9.17) is 5.73 Å². The van der Waals surface area contributed by atoms with Crippen molar-refractivity contribution in [1.82, 2.24) is 4.90 Å². The summed E-state index contributed by atoms with van der Waals surface area (Å²) in [6.07, 6.45) is 2.53. The Hall–Kier alpha value is -0.860. The molecule has 2 N–H and O–H groups in total. The lowest BCUT2D eigenvalue weighted by Gasteiger charge is -2.34. The zero-order chi connectivity index (χ0) is 13.5. The van der Waals surface area contributed by atoms with E-state index in [1.54, 1.807) is 0 Å². The largest absolute Gasteiger partial charge is 0.330 e. The van der Waals surface area contributed by atoms with Crippen molar-refractivity contribution >= 4 is 0 Å². The third-order valence-electron chi connectivity index (χ3n) is 4.57. The molecule has 1 aromatic rings. The van der Waals surface area contributed by atoms with Gasteiger partial charge in [0.2, 0.25) is 0 Å². The molecule has 0 saturated heterocycles. The maximum Gasteiger partial charge on any atom is 0.0413 e. The van der Waals surface area contributed by atoms with Crippen LogP contribution in [0, 0.1) is 26.2 Å². The second-order valence-electron chi connectivity index (χ2n) is 6.23. The van der Waals surface area contributed by atoms with E-state index < -0.39 is 0 Å². The van der Waals surface area contributed by atoms with Gasteiger partial charge in [0.15, 0.2) is 0 Å². The first-order chi connectivity index (χ1) is 8.41. The summed E-state index contributed by atoms with van der Waals surface area (Å²) in [5.41, 5.74) is 12.0. The van der Waals surface area contributed by atoms with Crippen LogP contribution in [0.4, 0.5) is 0 Å². The Morgan fingerprint density at radius 2 is 1.67 bits per heavy atom. The summed E-state index contributed by atoms with van der Waals surface area (Å²) >= 11 is 0. The number of hydrogen-bond acceptors (Lipinski definition) is 2. The van der Waals surface area contributed by atoms with Crippen LogP contribution in [0.5, 0.6) is 0 Å². The number of rotatable bonds is 4. The second-order valence-corrected chi connectivity index (χ2v) is 6.23. The van der Waals surface area contributed by atoms with Gasteiger partial charge in [-0.25, -0.2) is 0 Å². The molecular weight excluding hydrogens is 220 g/mol. The minimum atomic E-state index is 0.315. The van der Waals surface area contributed by atoms with Crippen molar-refractivity contribution in [3.8, 4) is 0 Å². The van der Waals surface area contributed by atoms with Crippen LogP contribution < -0.4 is 5.73 Å². The highest BCUT2D eigenvalue weighted by Crippen LogP contribution is 2.56. The third-order valence-corrected chi connectivity index (χ3v) is 4.57. The Morgan fingerprint density at radius 3 is 2.11 bits per heavy atom. The minimum Gasteiger partial charge on any atom is -0.330 e. The van der Waals surface area contributed by atoms with Gasteiger partial charge in [-0.05, 0) is 76.5 Å². The van der Waals surface area contributed by atoms with E-state index in [1.807, 2.05) is 0 Å². The first-order valence-corrected chi connectivity index (χ1v) is 6.85. The monoisotopic (exact) mass is 246 g/mol. The lowest BCUT2D eigenvalue weighted by Crippen LogP contribution is -2.34. The molecule has 1 atom stereocenters. The normalized spacial score (nSPS) is 19.1. The average Bonchev–Trinajstić information content (AvgIpc) is 3.06. The molecule has 0 radical (unpaired) electrons. The van der Waals surface area contributed by atoms with Crippen molar-refractivity contribution in [3.63, 3.8) is 0 Å². The molecule has 1 aliphatic rings. The third kappa shape index (κ3) is 2.19. The molecule has 1 aliphatic carbocycles. The van der Waals surface area contributed by atoms with E-state index >= 15 is 0 Å². The van der Waals surface area contributed by atoms with Crippen LogP contribution >= 0.6 is 0 Å². The van der Waals surface area contributed by atoms with E-state index in [0.717, 1.165) is 6.54 Å². The first kappa shape index (κ1) is 13.6. The van der Waals surface area contributed by atoms with E-state index in [1.165, 1.54) is 35.1 Å². The van der Waals surface area contributed by atoms with E-state index in [2.05, 4.69) is 51.9 Å². The predicted molar refractivity (Wildman–Crippen MR) is 77.8 cm³/mol. The van der Waals surface area contributed by atoms with E-state index in [0.29, 0.717) is 11.5 Å². The number of hydrogen-bond donors (Lipinski definition) is 1. The fourth-order valence-electron chi connectivity index (χ4n) is 3.18. The molecule has 2 nitrogen and oxygen atoms in total. The van der Waals surface area contributed by atoms with Crippen molar-refractivity contribution in [3.05, 3.63) is 34.4 Å². The molecule has 100 valence electrons. The molecule has 0 bridgehead atoms. The molecule has 0 aromatic heterocycles. The lowest BCUT2D eigenvalue weighted by atomic mass is 9.85. The van der Waals surface area contributed by atoms with Gasteiger partial charge < -0.3 is 10.6 Å². The maximum atomic E-state index is 6.04. The van der Waals surface area contributed by atoms with Gasteiger partial charge in [-0.3, -0.25) is 0 Å². The van der Waals surface area contributed by atoms with Crippen molar-refractivity contribution < 1.29 is 0 Å². The van der Waals surface area contributed by atoms with E-state index in [-0.39, 0.29) is 0 Å². The van der Waals surface area contributed by atoms with Crippen LogP contribution in [-0.4, -0.2) is 25.5 Å². The summed E-state index contributed by atoms with van der Waals surface area (Å²) in [5, 5.41) is 0. The highest BCUT2D eigenvalue weighted by atomic mass is 15.1. The number of benzene rings is 1. The van der Waals surface area contributed by atoms with Gasteiger partial charge in [-0.15, -0.1) is 0 Å². The summed E-state index contributed by atoms with van der Waals surface area (Å²) < 4.78 is 0. The molecular formula is C16H26N2. The van der Waals surface area contributed by atoms with Gasteiger partial charge in [0.25, 0.3) is 0 Å². The molecule has 1 aromatic carbocycles. The van der Waals surface area contributed by atoms with Crippen LogP contribution in [0.25, 0.3) is 0 Å². The Kier molecular flexibility index (Phi) is 3.52. The zero-order valence-corrected chi connectivity index (χ0v) is 12.4. The molecule has 2 heteroatoms. The molecule has 1 saturated carbocycles. The van der Waals surface area contributed by atoms with Gasteiger partial charge >= 0.3 is 0 Å². The Labute approximate surface area is 111 Å². The van der Waals surface area contributed by atoms with Crippen LogP contribution in [0.1, 0.15) is 41.1 Å². The molecule has 0 aliphatic heterocycles. The fourth-order valence-corrected chi connectivity index (χ4v) is 3.18. The van der Waals surface area contributed by atoms with Gasteiger partial charge in [0.1, 0.15) is 0 Å². The molecule has 0 spiro atoms. The predicted octanol–water partition coefficient (Wildman–Crippen LogP) is 2.95. The quantitative estimate of drug-likeness (QED) is 0.885. The number of nitrogens with two attached hydrogens (primary N) is 1. The van der Waals surface area contributed by atoms with Crippen molar-refractivity contribution in [2.24, 2.45) is 11.1 Å². The summed E-state index contributed by atoms with van der Waals surface area (Å²) in [6.45, 7) is 7.41. The van der Waals surface area contributed by atoms with Gasteiger partial charge in [-0.1, -0.05) is 12.1 Å². The summed E-state index contributed by atoms with van der Waals surface area (Å²) in [5.74, 6) is 0. The van der Waals surface area contributed by atoms with Gasteiger partial charge in [0, 0.05) is 11.5 Å². The van der Waals surface area contributed by atoms with Crippen molar-refractivity contribution in [2.45, 2.75) is 39.7 Å². The molecule has 1 unspecified atom stereocenters. The van der Waals surface area contributed by atoms with Crippen LogP contribution in [0.3, 0.4) is 0 Å².